The first-order valence-electron chi connectivity index (χ1n) is 10.9. The number of aliphatic hydroxyl groups is 2. The van der Waals surface area contributed by atoms with Gasteiger partial charge in [-0.25, -0.2) is 19.6 Å². The van der Waals surface area contributed by atoms with Gasteiger partial charge in [0.1, 0.15) is 5.60 Å². The topological polar surface area (TPSA) is 156 Å². The number of nitrogens with two attached hydrogens (primary N) is 1. The Hall–Kier alpha value is -3.96. The first-order chi connectivity index (χ1) is 16.3. The Morgan fingerprint density at radius 2 is 1.97 bits per heavy atom. The van der Waals surface area contributed by atoms with E-state index in [9.17, 15) is 15.0 Å². The molecule has 0 radical (unpaired) electrons. The van der Waals surface area contributed by atoms with E-state index < -0.39 is 11.7 Å². The van der Waals surface area contributed by atoms with Crippen LogP contribution in [0.25, 0.3) is 16.7 Å². The number of carbonyl (C=O) groups excluding carboxylic acids is 1. The lowest BCUT2D eigenvalue weighted by molar-refractivity contribution is 0.0470. The minimum absolute atomic E-state index is 0.0639. The first-order valence-corrected chi connectivity index (χ1v) is 10.9. The van der Waals surface area contributed by atoms with Crippen LogP contribution in [0.1, 0.15) is 41.6 Å². The van der Waals surface area contributed by atoms with Gasteiger partial charge in [-0.05, 0) is 43.5 Å². The largest absolute Gasteiger partial charge is 0.391 e. The lowest BCUT2D eigenvalue weighted by Crippen LogP contribution is -2.42. The molecule has 0 aliphatic carbocycles. The van der Waals surface area contributed by atoms with Crippen LogP contribution in [-0.2, 0) is 5.60 Å². The van der Waals surface area contributed by atoms with Crippen LogP contribution >= 0.6 is 0 Å². The molecule has 3 aromatic heterocycles. The molecule has 1 aromatic carbocycles. The van der Waals surface area contributed by atoms with E-state index in [0.29, 0.717) is 35.2 Å². The number of piperidine rings is 1. The number of hydrogen-bond acceptors (Lipinski definition) is 9. The number of aliphatic hydroxyl groups excluding tert-OH is 1. The van der Waals surface area contributed by atoms with Gasteiger partial charge in [-0.15, -0.1) is 0 Å². The summed E-state index contributed by atoms with van der Waals surface area (Å²) in [4.78, 5) is 31.6. The fourth-order valence-electron chi connectivity index (χ4n) is 4.20. The van der Waals surface area contributed by atoms with Gasteiger partial charge < -0.3 is 20.8 Å². The second kappa shape index (κ2) is 8.43. The molecule has 1 saturated heterocycles. The average molecular weight is 460 g/mol. The lowest BCUT2D eigenvalue weighted by atomic mass is 9.94. The van der Waals surface area contributed by atoms with Crippen molar-refractivity contribution >= 4 is 22.8 Å². The summed E-state index contributed by atoms with van der Waals surface area (Å²) in [6, 6.07) is 8.50. The van der Waals surface area contributed by atoms with Gasteiger partial charge in [-0.3, -0.25) is 4.79 Å². The molecule has 34 heavy (non-hydrogen) atoms. The molecule has 174 valence electrons. The minimum Gasteiger partial charge on any atom is -0.391 e. The third-order valence-corrected chi connectivity index (χ3v) is 6.01. The van der Waals surface area contributed by atoms with E-state index in [0.717, 1.165) is 6.42 Å². The second-order valence-corrected chi connectivity index (χ2v) is 8.46. The van der Waals surface area contributed by atoms with Crippen molar-refractivity contribution in [1.82, 2.24) is 34.6 Å². The standard InChI is InChI=1S/C23H24N8O3/c1-23(34,21-25-8-3-9-26-21)14-5-6-16-17(12-14)31(18-7-10-27-22(24)28-18)29-19(16)20(33)30-11-2-4-15(32)13-30/h3,5-10,12,15,32,34H,2,4,11,13H2,1H3,(H2,24,27,28). The van der Waals surface area contributed by atoms with E-state index in [1.54, 1.807) is 54.5 Å². The van der Waals surface area contributed by atoms with Crippen LogP contribution in [-0.4, -0.2) is 69.9 Å². The minimum atomic E-state index is -1.49. The molecule has 11 heteroatoms. The summed E-state index contributed by atoms with van der Waals surface area (Å²) in [5.41, 5.74) is 5.59. The number of carbonyl (C=O) groups is 1. The van der Waals surface area contributed by atoms with Gasteiger partial charge in [-0.1, -0.05) is 6.07 Å². The lowest BCUT2D eigenvalue weighted by Gasteiger charge is -2.29. The Morgan fingerprint density at radius 3 is 2.71 bits per heavy atom. The molecule has 4 aromatic rings. The van der Waals surface area contributed by atoms with Gasteiger partial charge in [0, 0.05) is 43.1 Å². The van der Waals surface area contributed by atoms with Crippen LogP contribution in [0.4, 0.5) is 5.95 Å². The average Bonchev–Trinajstić information content (AvgIpc) is 3.23. The van der Waals surface area contributed by atoms with Crippen molar-refractivity contribution < 1.29 is 15.0 Å². The summed E-state index contributed by atoms with van der Waals surface area (Å²) in [7, 11) is 0. The van der Waals surface area contributed by atoms with Crippen molar-refractivity contribution in [2.45, 2.75) is 31.5 Å². The highest BCUT2D eigenvalue weighted by Gasteiger charge is 2.32. The molecule has 1 aliphatic rings. The SMILES string of the molecule is CC(O)(c1ccc2c(C(=O)N3CCCC(O)C3)nn(-c3ccnc(N)n3)c2c1)c1ncccn1. The van der Waals surface area contributed by atoms with Crippen LogP contribution in [0.15, 0.2) is 48.9 Å². The first kappa shape index (κ1) is 21.9. The van der Waals surface area contributed by atoms with E-state index in [1.807, 2.05) is 0 Å². The second-order valence-electron chi connectivity index (χ2n) is 8.46. The third kappa shape index (κ3) is 3.84. The zero-order valence-electron chi connectivity index (χ0n) is 18.5. The van der Waals surface area contributed by atoms with Gasteiger partial charge in [0.05, 0.1) is 11.6 Å². The maximum Gasteiger partial charge on any atom is 0.275 e. The highest BCUT2D eigenvalue weighted by Crippen LogP contribution is 2.31. The van der Waals surface area contributed by atoms with Crippen LogP contribution < -0.4 is 5.73 Å². The Kier molecular flexibility index (Phi) is 5.42. The molecular formula is C23H24N8O3. The highest BCUT2D eigenvalue weighted by molar-refractivity contribution is 6.05. The molecule has 1 fully saturated rings. The van der Waals surface area contributed by atoms with Gasteiger partial charge in [-0.2, -0.15) is 10.1 Å². The number of nitrogen functional groups attached to an aromatic ring is 1. The number of amides is 1. The molecule has 11 nitrogen and oxygen atoms in total. The number of benzene rings is 1. The number of aromatic nitrogens is 6. The Labute approximate surface area is 194 Å². The Bertz CT molecular complexity index is 1360. The molecule has 0 spiro atoms. The van der Waals surface area contributed by atoms with Crippen molar-refractivity contribution in [3.05, 3.63) is 66.0 Å². The Balaban J connectivity index is 1.67. The number of fused-ring (bicyclic) bond motifs is 1. The summed E-state index contributed by atoms with van der Waals surface area (Å²) in [6.07, 6.45) is 5.46. The van der Waals surface area contributed by atoms with Crippen molar-refractivity contribution in [3.63, 3.8) is 0 Å². The summed E-state index contributed by atoms with van der Waals surface area (Å²) in [6.45, 7) is 2.41. The van der Waals surface area contributed by atoms with E-state index in [-0.39, 0.29) is 29.9 Å². The predicted octanol–water partition coefficient (Wildman–Crippen LogP) is 1.04. The third-order valence-electron chi connectivity index (χ3n) is 6.01. The molecular weight excluding hydrogens is 436 g/mol. The zero-order valence-corrected chi connectivity index (χ0v) is 18.5. The zero-order chi connectivity index (χ0) is 23.9. The summed E-state index contributed by atoms with van der Waals surface area (Å²) < 4.78 is 1.51. The Morgan fingerprint density at radius 1 is 1.18 bits per heavy atom. The molecule has 0 bridgehead atoms. The van der Waals surface area contributed by atoms with Crippen molar-refractivity contribution in [2.75, 3.05) is 18.8 Å². The monoisotopic (exact) mass is 460 g/mol. The number of β-amino-alcohol motifs (C(OH)–C–C–N with tert-alkyl or cyclic N) is 1. The number of nitrogens with zero attached hydrogens (tertiary/aromatic N) is 7. The molecule has 0 saturated carbocycles. The van der Waals surface area contributed by atoms with Crippen LogP contribution in [0.2, 0.25) is 0 Å². The summed E-state index contributed by atoms with van der Waals surface area (Å²) in [5.74, 6) is 0.401. The van der Waals surface area contributed by atoms with Crippen LogP contribution in [0, 0.1) is 0 Å². The van der Waals surface area contributed by atoms with Crippen LogP contribution in [0.5, 0.6) is 0 Å². The quantitative estimate of drug-likeness (QED) is 0.405. The fraction of sp³-hybridized carbons (Fsp3) is 0.304. The van der Waals surface area contributed by atoms with Gasteiger partial charge in [0.25, 0.3) is 5.91 Å². The molecule has 2 atom stereocenters. The predicted molar refractivity (Wildman–Crippen MR) is 123 cm³/mol. The molecule has 1 amide bonds. The van der Waals surface area contributed by atoms with Gasteiger partial charge in [0.15, 0.2) is 17.3 Å². The van der Waals surface area contributed by atoms with Crippen molar-refractivity contribution in [3.8, 4) is 5.82 Å². The molecule has 1 aliphatic heterocycles. The fourth-order valence-corrected chi connectivity index (χ4v) is 4.20. The van der Waals surface area contributed by atoms with E-state index in [2.05, 4.69) is 25.0 Å². The molecule has 2 unspecified atom stereocenters. The van der Waals surface area contributed by atoms with E-state index in [1.165, 1.54) is 10.9 Å². The number of hydrogen-bond donors (Lipinski definition) is 3. The van der Waals surface area contributed by atoms with Gasteiger partial charge in [0.2, 0.25) is 5.95 Å². The maximum atomic E-state index is 13.4. The smallest absolute Gasteiger partial charge is 0.275 e. The van der Waals surface area contributed by atoms with Crippen molar-refractivity contribution in [1.29, 1.82) is 0 Å². The molecule has 4 heterocycles. The maximum absolute atomic E-state index is 13.4. The number of anilines is 1. The molecule has 5 rings (SSSR count). The van der Waals surface area contributed by atoms with Crippen LogP contribution in [0.3, 0.4) is 0 Å². The normalized spacial score (nSPS) is 18.1. The highest BCUT2D eigenvalue weighted by atomic mass is 16.3. The van der Waals surface area contributed by atoms with E-state index in [4.69, 9.17) is 5.73 Å². The number of rotatable bonds is 4. The summed E-state index contributed by atoms with van der Waals surface area (Å²) in [5, 5.41) is 26.5. The summed E-state index contributed by atoms with van der Waals surface area (Å²) >= 11 is 0. The van der Waals surface area contributed by atoms with E-state index >= 15 is 0 Å². The van der Waals surface area contributed by atoms with Crippen molar-refractivity contribution in [2.24, 2.45) is 0 Å². The van der Waals surface area contributed by atoms with Gasteiger partial charge >= 0.3 is 0 Å². The molecule has 4 N–H and O–H groups in total. The number of likely N-dealkylation sites (tertiary alicyclic amines) is 1.